The van der Waals surface area contributed by atoms with Gasteiger partial charge in [0.05, 0.1) is 24.9 Å². The summed E-state index contributed by atoms with van der Waals surface area (Å²) in [6, 6.07) is 11.5. The Kier molecular flexibility index (Phi) is 5.57. The van der Waals surface area contributed by atoms with Crippen LogP contribution in [0.5, 0.6) is 5.75 Å². The molecule has 2 aromatic rings. The van der Waals surface area contributed by atoms with Gasteiger partial charge in [0, 0.05) is 5.56 Å². The molecule has 0 heterocycles. The fourth-order valence-corrected chi connectivity index (χ4v) is 3.02. The Hall–Kier alpha value is -1.88. The zero-order chi connectivity index (χ0) is 18.8. The van der Waals surface area contributed by atoms with E-state index in [9.17, 15) is 15.3 Å². The smallest absolute Gasteiger partial charge is 0.124 e. The van der Waals surface area contributed by atoms with E-state index in [1.165, 1.54) is 0 Å². The maximum Gasteiger partial charge on any atom is 0.124 e. The Labute approximate surface area is 149 Å². The second-order valence-electron chi connectivity index (χ2n) is 7.48. The summed E-state index contributed by atoms with van der Waals surface area (Å²) in [4.78, 5) is 0. The molecule has 0 fully saturated rings. The molecule has 25 heavy (non-hydrogen) atoms. The van der Waals surface area contributed by atoms with E-state index in [4.69, 9.17) is 4.74 Å². The van der Waals surface area contributed by atoms with Crippen LogP contribution in [0.1, 0.15) is 55.5 Å². The van der Waals surface area contributed by atoms with Crippen molar-refractivity contribution in [2.75, 3.05) is 7.11 Å². The highest BCUT2D eigenvalue weighted by Gasteiger charge is 2.22. The number of aliphatic hydroxyl groups excluding tert-OH is 1. The van der Waals surface area contributed by atoms with Crippen molar-refractivity contribution < 1.29 is 20.1 Å². The lowest BCUT2D eigenvalue weighted by molar-refractivity contribution is 0.0752. The molecule has 2 rings (SSSR count). The third-order valence-corrected chi connectivity index (χ3v) is 4.34. The molecule has 0 aliphatic rings. The number of hydrogen-bond acceptors (Lipinski definition) is 4. The highest BCUT2D eigenvalue weighted by atomic mass is 16.5. The van der Waals surface area contributed by atoms with Crippen molar-refractivity contribution in [1.29, 1.82) is 0 Å². The van der Waals surface area contributed by atoms with Gasteiger partial charge in [-0.3, -0.25) is 0 Å². The van der Waals surface area contributed by atoms with Crippen LogP contribution >= 0.6 is 0 Å². The van der Waals surface area contributed by atoms with Crippen molar-refractivity contribution in [3.05, 3.63) is 64.2 Å². The molecule has 0 saturated heterocycles. The molecule has 3 N–H and O–H groups in total. The van der Waals surface area contributed by atoms with Crippen LogP contribution in [0.15, 0.2) is 36.4 Å². The Morgan fingerprint density at radius 3 is 1.84 bits per heavy atom. The number of hydrogen-bond donors (Lipinski definition) is 3. The zero-order valence-electron chi connectivity index (χ0n) is 15.6. The van der Waals surface area contributed by atoms with Gasteiger partial charge in [-0.15, -0.1) is 0 Å². The van der Waals surface area contributed by atoms with Crippen LogP contribution in [0.4, 0.5) is 0 Å². The summed E-state index contributed by atoms with van der Waals surface area (Å²) in [5, 5.41) is 30.2. The van der Waals surface area contributed by atoms with Crippen LogP contribution in [-0.2, 0) is 24.2 Å². The molecule has 0 atom stereocenters. The molecule has 4 nitrogen and oxygen atoms in total. The van der Waals surface area contributed by atoms with Crippen molar-refractivity contribution >= 4 is 0 Å². The summed E-state index contributed by atoms with van der Waals surface area (Å²) >= 11 is 0. The highest BCUT2D eigenvalue weighted by molar-refractivity contribution is 5.43. The lowest BCUT2D eigenvalue weighted by Gasteiger charge is -2.23. The second kappa shape index (κ2) is 7.16. The Balaban J connectivity index is 2.40. The molecule has 0 aliphatic heterocycles. The van der Waals surface area contributed by atoms with E-state index in [0.29, 0.717) is 12.2 Å². The summed E-state index contributed by atoms with van der Waals surface area (Å²) in [5.41, 5.74) is 2.23. The Bertz CT molecular complexity index is 673. The van der Waals surface area contributed by atoms with Crippen molar-refractivity contribution in [2.24, 2.45) is 0 Å². The average Bonchev–Trinajstić information content (AvgIpc) is 2.53. The van der Waals surface area contributed by atoms with Gasteiger partial charge in [-0.25, -0.2) is 0 Å². The molecule has 136 valence electrons. The standard InChI is InChI=1S/C21H28O4/c1-20(2,23)17-11-14(6-8-16(17)13-22)10-15-7-9-19(25-5)18(12-15)21(3,4)24/h6-9,11-12,22-24H,10,13H2,1-5H3. The van der Waals surface area contributed by atoms with Gasteiger partial charge in [0.1, 0.15) is 5.75 Å². The van der Waals surface area contributed by atoms with E-state index in [2.05, 4.69) is 0 Å². The van der Waals surface area contributed by atoms with E-state index in [1.807, 2.05) is 36.4 Å². The minimum atomic E-state index is -1.02. The minimum absolute atomic E-state index is 0.106. The molecule has 4 heteroatoms. The maximum atomic E-state index is 10.4. The minimum Gasteiger partial charge on any atom is -0.496 e. The van der Waals surface area contributed by atoms with Gasteiger partial charge < -0.3 is 20.1 Å². The normalized spacial score (nSPS) is 12.3. The summed E-state index contributed by atoms with van der Waals surface area (Å²) < 4.78 is 5.35. The SMILES string of the molecule is COc1ccc(Cc2ccc(CO)c(C(C)(C)O)c2)cc1C(C)(C)O. The first kappa shape index (κ1) is 19.4. The number of benzene rings is 2. The van der Waals surface area contributed by atoms with Gasteiger partial charge >= 0.3 is 0 Å². The van der Waals surface area contributed by atoms with Crippen molar-refractivity contribution in [2.45, 2.75) is 51.9 Å². The fraction of sp³-hybridized carbons (Fsp3) is 0.429. The third-order valence-electron chi connectivity index (χ3n) is 4.34. The lowest BCUT2D eigenvalue weighted by Crippen LogP contribution is -2.19. The number of aliphatic hydroxyl groups is 3. The van der Waals surface area contributed by atoms with Crippen LogP contribution in [-0.4, -0.2) is 22.4 Å². The molecule has 0 bridgehead atoms. The molecule has 0 radical (unpaired) electrons. The van der Waals surface area contributed by atoms with Crippen LogP contribution in [0.3, 0.4) is 0 Å². The molecule has 2 aromatic carbocycles. The number of ether oxygens (including phenoxy) is 1. The van der Waals surface area contributed by atoms with Gasteiger partial charge in [-0.1, -0.05) is 24.3 Å². The number of methoxy groups -OCH3 is 1. The largest absolute Gasteiger partial charge is 0.496 e. The Morgan fingerprint density at radius 1 is 0.840 bits per heavy atom. The molecule has 0 saturated carbocycles. The van der Waals surface area contributed by atoms with Crippen LogP contribution in [0.25, 0.3) is 0 Å². The van der Waals surface area contributed by atoms with Gasteiger partial charge in [-0.2, -0.15) is 0 Å². The van der Waals surface area contributed by atoms with Crippen LogP contribution < -0.4 is 4.74 Å². The van der Waals surface area contributed by atoms with Gasteiger partial charge in [0.15, 0.2) is 0 Å². The van der Waals surface area contributed by atoms with E-state index < -0.39 is 11.2 Å². The summed E-state index contributed by atoms with van der Waals surface area (Å²) in [6.07, 6.45) is 0.655. The molecule has 0 aromatic heterocycles. The monoisotopic (exact) mass is 344 g/mol. The quantitative estimate of drug-likeness (QED) is 0.752. The molecule has 0 aliphatic carbocycles. The molecule has 0 unspecified atom stereocenters. The van der Waals surface area contributed by atoms with Crippen molar-refractivity contribution in [1.82, 2.24) is 0 Å². The first-order chi connectivity index (χ1) is 11.6. The van der Waals surface area contributed by atoms with E-state index in [0.717, 1.165) is 27.8 Å². The Morgan fingerprint density at radius 2 is 1.36 bits per heavy atom. The predicted molar refractivity (Wildman–Crippen MR) is 98.7 cm³/mol. The molecular formula is C21H28O4. The van der Waals surface area contributed by atoms with E-state index in [1.54, 1.807) is 34.8 Å². The topological polar surface area (TPSA) is 69.9 Å². The second-order valence-corrected chi connectivity index (χ2v) is 7.48. The van der Waals surface area contributed by atoms with Gasteiger partial charge in [-0.05, 0) is 68.5 Å². The van der Waals surface area contributed by atoms with Crippen LogP contribution in [0.2, 0.25) is 0 Å². The highest BCUT2D eigenvalue weighted by Crippen LogP contribution is 2.32. The van der Waals surface area contributed by atoms with Crippen molar-refractivity contribution in [3.8, 4) is 5.75 Å². The summed E-state index contributed by atoms with van der Waals surface area (Å²) in [6.45, 7) is 6.79. The van der Waals surface area contributed by atoms with Gasteiger partial charge in [0.25, 0.3) is 0 Å². The van der Waals surface area contributed by atoms with Crippen molar-refractivity contribution in [3.63, 3.8) is 0 Å². The maximum absolute atomic E-state index is 10.4. The van der Waals surface area contributed by atoms with E-state index >= 15 is 0 Å². The first-order valence-corrected chi connectivity index (χ1v) is 8.41. The third kappa shape index (κ3) is 4.60. The fourth-order valence-electron chi connectivity index (χ4n) is 3.02. The lowest BCUT2D eigenvalue weighted by atomic mass is 9.89. The average molecular weight is 344 g/mol. The first-order valence-electron chi connectivity index (χ1n) is 8.41. The zero-order valence-corrected chi connectivity index (χ0v) is 15.6. The summed E-state index contributed by atoms with van der Waals surface area (Å²) in [5.74, 6) is 0.657. The van der Waals surface area contributed by atoms with Crippen LogP contribution in [0, 0.1) is 0 Å². The van der Waals surface area contributed by atoms with Gasteiger partial charge in [0.2, 0.25) is 0 Å². The number of rotatable bonds is 6. The molecule has 0 spiro atoms. The predicted octanol–water partition coefficient (Wildman–Crippen LogP) is 3.23. The molecule has 0 amide bonds. The molecular weight excluding hydrogens is 316 g/mol. The summed E-state index contributed by atoms with van der Waals surface area (Å²) in [7, 11) is 1.59. The van der Waals surface area contributed by atoms with E-state index in [-0.39, 0.29) is 6.61 Å².